The Kier molecular flexibility index (Phi) is 5.08. The number of nitrogens with zero attached hydrogens (tertiary/aromatic N) is 2. The van der Waals surface area contributed by atoms with Gasteiger partial charge in [-0.05, 0) is 36.7 Å². The normalized spacial score (nSPS) is 30.3. The van der Waals surface area contributed by atoms with Crippen molar-refractivity contribution in [1.29, 1.82) is 0 Å². The van der Waals surface area contributed by atoms with Crippen molar-refractivity contribution in [3.05, 3.63) is 35.9 Å². The Morgan fingerprint density at radius 3 is 2.33 bits per heavy atom. The van der Waals surface area contributed by atoms with Crippen LogP contribution in [0.25, 0.3) is 0 Å². The molecule has 1 heterocycles. The topological polar surface area (TPSA) is 59.1 Å². The van der Waals surface area contributed by atoms with Crippen LogP contribution in [0.2, 0.25) is 0 Å². The number of ether oxygens (including phenoxy) is 2. The van der Waals surface area contributed by atoms with Gasteiger partial charge in [0.05, 0.1) is 13.0 Å². The van der Waals surface area contributed by atoms with Crippen LogP contribution < -0.4 is 0 Å². The monoisotopic (exact) mass is 372 g/mol. The van der Waals surface area contributed by atoms with Crippen molar-refractivity contribution in [3.63, 3.8) is 0 Å². The number of carbonyl (C=O) groups is 2. The molecule has 0 N–H and O–H groups in total. The summed E-state index contributed by atoms with van der Waals surface area (Å²) < 4.78 is 10.3. The molecule has 4 rings (SSSR count). The maximum absolute atomic E-state index is 12.3. The smallest absolute Gasteiger partial charge is 0.410 e. The molecule has 3 fully saturated rings. The zero-order chi connectivity index (χ0) is 18.9. The highest BCUT2D eigenvalue weighted by molar-refractivity contribution is 5.73. The van der Waals surface area contributed by atoms with E-state index in [1.165, 1.54) is 20.0 Å². The molecule has 2 saturated carbocycles. The summed E-state index contributed by atoms with van der Waals surface area (Å²) in [5.41, 5.74) is 1.39. The van der Waals surface area contributed by atoms with Crippen molar-refractivity contribution < 1.29 is 19.1 Å². The molecule has 6 heteroatoms. The van der Waals surface area contributed by atoms with E-state index in [0.717, 1.165) is 44.6 Å². The van der Waals surface area contributed by atoms with Crippen LogP contribution in [-0.4, -0.2) is 61.2 Å². The molecule has 1 spiro atoms. The quantitative estimate of drug-likeness (QED) is 0.761. The minimum Gasteiger partial charge on any atom is -0.469 e. The molecule has 0 unspecified atom stereocenters. The second-order valence-electron chi connectivity index (χ2n) is 8.25. The van der Waals surface area contributed by atoms with Gasteiger partial charge in [-0.3, -0.25) is 9.69 Å². The lowest BCUT2D eigenvalue weighted by atomic mass is 9.49. The predicted octanol–water partition coefficient (Wildman–Crippen LogP) is 2.67. The van der Waals surface area contributed by atoms with Crippen LogP contribution in [0.4, 0.5) is 4.79 Å². The first-order valence-electron chi connectivity index (χ1n) is 9.86. The molecule has 146 valence electrons. The van der Waals surface area contributed by atoms with Gasteiger partial charge in [0.2, 0.25) is 0 Å². The Hall–Kier alpha value is -2.08. The van der Waals surface area contributed by atoms with Crippen LogP contribution in [-0.2, 0) is 20.9 Å². The SMILES string of the molecule is COC(=O)[C@H]1CC2(C1)C[C@H](N1CCN(C(=O)OCc3ccccc3)CC1)C2. The van der Waals surface area contributed by atoms with Crippen LogP contribution in [0.5, 0.6) is 0 Å². The first-order chi connectivity index (χ1) is 13.1. The minimum absolute atomic E-state index is 0.0493. The standard InChI is InChI=1S/C21H28N2O4/c1-26-19(24)17-11-21(12-17)13-18(14-21)22-7-9-23(10-8-22)20(25)27-15-16-5-3-2-4-6-16/h2-6,17-18H,7-15H2,1H3/t17-,18-,21?. The van der Waals surface area contributed by atoms with Crippen LogP contribution in [0.1, 0.15) is 31.2 Å². The largest absolute Gasteiger partial charge is 0.469 e. The summed E-state index contributed by atoms with van der Waals surface area (Å²) in [7, 11) is 1.47. The third-order valence-corrected chi connectivity index (χ3v) is 6.52. The van der Waals surface area contributed by atoms with Crippen LogP contribution in [0, 0.1) is 11.3 Å². The second-order valence-corrected chi connectivity index (χ2v) is 8.25. The van der Waals surface area contributed by atoms with Crippen molar-refractivity contribution >= 4 is 12.1 Å². The van der Waals surface area contributed by atoms with E-state index >= 15 is 0 Å². The molecule has 27 heavy (non-hydrogen) atoms. The first-order valence-corrected chi connectivity index (χ1v) is 9.86. The Balaban J connectivity index is 1.16. The fraction of sp³-hybridized carbons (Fsp3) is 0.619. The van der Waals surface area contributed by atoms with E-state index in [0.29, 0.717) is 18.1 Å². The Morgan fingerprint density at radius 2 is 1.70 bits per heavy atom. The number of rotatable bonds is 4. The highest BCUT2D eigenvalue weighted by Crippen LogP contribution is 2.60. The van der Waals surface area contributed by atoms with E-state index in [2.05, 4.69) is 4.90 Å². The zero-order valence-corrected chi connectivity index (χ0v) is 15.9. The van der Waals surface area contributed by atoms with Crippen molar-refractivity contribution in [2.75, 3.05) is 33.3 Å². The molecule has 6 nitrogen and oxygen atoms in total. The van der Waals surface area contributed by atoms with Gasteiger partial charge in [0.25, 0.3) is 0 Å². The molecule has 0 radical (unpaired) electrons. The van der Waals surface area contributed by atoms with E-state index < -0.39 is 0 Å². The summed E-state index contributed by atoms with van der Waals surface area (Å²) in [6.45, 7) is 3.58. The van der Waals surface area contributed by atoms with E-state index in [1.807, 2.05) is 35.2 Å². The zero-order valence-electron chi connectivity index (χ0n) is 15.9. The highest BCUT2D eigenvalue weighted by atomic mass is 16.6. The molecule has 0 atom stereocenters. The molecule has 2 aliphatic carbocycles. The number of esters is 1. The van der Waals surface area contributed by atoms with Gasteiger partial charge in [-0.25, -0.2) is 4.79 Å². The van der Waals surface area contributed by atoms with Gasteiger partial charge in [0, 0.05) is 32.2 Å². The van der Waals surface area contributed by atoms with Crippen LogP contribution in [0.15, 0.2) is 30.3 Å². The van der Waals surface area contributed by atoms with Gasteiger partial charge in [0.1, 0.15) is 6.61 Å². The molecule has 3 aliphatic rings. The average molecular weight is 372 g/mol. The van der Waals surface area contributed by atoms with Crippen molar-refractivity contribution in [2.45, 2.75) is 38.3 Å². The summed E-state index contributed by atoms with van der Waals surface area (Å²) in [6, 6.07) is 10.4. The van der Waals surface area contributed by atoms with Gasteiger partial charge < -0.3 is 14.4 Å². The third kappa shape index (κ3) is 3.81. The summed E-state index contributed by atoms with van der Waals surface area (Å²) in [4.78, 5) is 28.1. The first kappa shape index (κ1) is 18.3. The van der Waals surface area contributed by atoms with Gasteiger partial charge in [-0.15, -0.1) is 0 Å². The number of carbonyl (C=O) groups excluding carboxylic acids is 2. The second kappa shape index (κ2) is 7.50. The average Bonchev–Trinajstić information content (AvgIpc) is 2.65. The number of methoxy groups -OCH3 is 1. The predicted molar refractivity (Wildman–Crippen MR) is 100.0 cm³/mol. The molecule has 0 bridgehead atoms. The lowest BCUT2D eigenvalue weighted by molar-refractivity contribution is -0.163. The summed E-state index contributed by atoms with van der Waals surface area (Å²) in [5, 5.41) is 0. The highest BCUT2D eigenvalue weighted by Gasteiger charge is 2.56. The number of hydrogen-bond donors (Lipinski definition) is 0. The maximum atomic E-state index is 12.3. The summed E-state index contributed by atoms with van der Waals surface area (Å²) in [5.74, 6) is 0.0684. The van der Waals surface area contributed by atoms with Gasteiger partial charge >= 0.3 is 12.1 Å². The molecule has 1 amide bonds. The van der Waals surface area contributed by atoms with Gasteiger partial charge in [-0.1, -0.05) is 30.3 Å². The van der Waals surface area contributed by atoms with Crippen molar-refractivity contribution in [3.8, 4) is 0 Å². The number of benzene rings is 1. The summed E-state index contributed by atoms with van der Waals surface area (Å²) >= 11 is 0. The molecule has 1 aliphatic heterocycles. The maximum Gasteiger partial charge on any atom is 0.410 e. The molecule has 1 aromatic rings. The van der Waals surface area contributed by atoms with Crippen LogP contribution in [0.3, 0.4) is 0 Å². The lowest BCUT2D eigenvalue weighted by Gasteiger charge is -2.60. The lowest BCUT2D eigenvalue weighted by Crippen LogP contribution is -2.61. The minimum atomic E-state index is -0.219. The fourth-order valence-corrected chi connectivity index (χ4v) is 4.93. The molecule has 0 aromatic heterocycles. The Labute approximate surface area is 160 Å². The molecule has 1 saturated heterocycles. The summed E-state index contributed by atoms with van der Waals surface area (Å²) in [6.07, 6.45) is 4.12. The van der Waals surface area contributed by atoms with Gasteiger partial charge in [-0.2, -0.15) is 0 Å². The number of piperazine rings is 1. The Morgan fingerprint density at radius 1 is 1.04 bits per heavy atom. The molecule has 1 aromatic carbocycles. The molecular formula is C21H28N2O4. The van der Waals surface area contributed by atoms with Crippen molar-refractivity contribution in [2.24, 2.45) is 11.3 Å². The van der Waals surface area contributed by atoms with E-state index in [9.17, 15) is 9.59 Å². The van der Waals surface area contributed by atoms with Crippen LogP contribution >= 0.6 is 0 Å². The molecular weight excluding hydrogens is 344 g/mol. The van der Waals surface area contributed by atoms with E-state index in [1.54, 1.807) is 0 Å². The van der Waals surface area contributed by atoms with Gasteiger partial charge in [0.15, 0.2) is 0 Å². The third-order valence-electron chi connectivity index (χ3n) is 6.52. The fourth-order valence-electron chi connectivity index (χ4n) is 4.93. The number of amides is 1. The number of hydrogen-bond acceptors (Lipinski definition) is 5. The van der Waals surface area contributed by atoms with E-state index in [-0.39, 0.29) is 18.0 Å². The Bertz CT molecular complexity index is 671. The van der Waals surface area contributed by atoms with E-state index in [4.69, 9.17) is 9.47 Å². The van der Waals surface area contributed by atoms with Crippen molar-refractivity contribution in [1.82, 2.24) is 9.80 Å².